The summed E-state index contributed by atoms with van der Waals surface area (Å²) in [4.78, 5) is 15.6. The standard InChI is InChI=1S/C11H18N2OS/c1-8(2)4-3-5-10(14)6-9-7-15-11(12)13-9/h7-8H,3-6H2,1-2H3,(H2,12,13). The maximum Gasteiger partial charge on any atom is 0.180 e. The lowest BCUT2D eigenvalue weighted by molar-refractivity contribution is -0.118. The molecule has 1 rings (SSSR count). The molecular formula is C11H18N2OS. The van der Waals surface area contributed by atoms with Crippen molar-refractivity contribution in [3.63, 3.8) is 0 Å². The van der Waals surface area contributed by atoms with Gasteiger partial charge in [-0.25, -0.2) is 4.98 Å². The average molecular weight is 226 g/mol. The maximum absolute atomic E-state index is 11.5. The van der Waals surface area contributed by atoms with Crippen LogP contribution >= 0.6 is 11.3 Å². The van der Waals surface area contributed by atoms with Gasteiger partial charge in [0.1, 0.15) is 5.78 Å². The van der Waals surface area contributed by atoms with Gasteiger partial charge in [0.05, 0.1) is 5.69 Å². The number of rotatable bonds is 6. The number of carbonyl (C=O) groups is 1. The highest BCUT2D eigenvalue weighted by Crippen LogP contribution is 2.13. The van der Waals surface area contributed by atoms with Crippen LogP contribution in [0.1, 0.15) is 38.8 Å². The van der Waals surface area contributed by atoms with Gasteiger partial charge in [-0.15, -0.1) is 11.3 Å². The van der Waals surface area contributed by atoms with Gasteiger partial charge in [-0.05, 0) is 12.3 Å². The van der Waals surface area contributed by atoms with Crippen LogP contribution in [0.5, 0.6) is 0 Å². The Kier molecular flexibility index (Phi) is 4.75. The Hall–Kier alpha value is -0.900. The summed E-state index contributed by atoms with van der Waals surface area (Å²) in [7, 11) is 0. The number of ketones is 1. The quantitative estimate of drug-likeness (QED) is 0.811. The van der Waals surface area contributed by atoms with E-state index < -0.39 is 0 Å². The van der Waals surface area contributed by atoms with Gasteiger partial charge < -0.3 is 5.73 Å². The number of anilines is 1. The minimum Gasteiger partial charge on any atom is -0.375 e. The Morgan fingerprint density at radius 1 is 1.60 bits per heavy atom. The van der Waals surface area contributed by atoms with E-state index in [1.165, 1.54) is 11.3 Å². The van der Waals surface area contributed by atoms with Crippen LogP contribution in [0.2, 0.25) is 0 Å². The first-order valence-electron chi connectivity index (χ1n) is 5.29. The molecule has 0 spiro atoms. The van der Waals surface area contributed by atoms with Crippen LogP contribution in [0, 0.1) is 5.92 Å². The summed E-state index contributed by atoms with van der Waals surface area (Å²) in [6.45, 7) is 4.34. The molecule has 0 fully saturated rings. The number of nitrogens with two attached hydrogens (primary N) is 1. The zero-order chi connectivity index (χ0) is 11.3. The first kappa shape index (κ1) is 12.2. The van der Waals surface area contributed by atoms with E-state index >= 15 is 0 Å². The first-order valence-corrected chi connectivity index (χ1v) is 6.17. The van der Waals surface area contributed by atoms with Gasteiger partial charge in [-0.2, -0.15) is 0 Å². The number of Topliss-reactive ketones (excluding diaryl/α,β-unsaturated/α-hetero) is 1. The van der Waals surface area contributed by atoms with E-state index in [1.54, 1.807) is 0 Å². The number of aromatic nitrogens is 1. The molecule has 1 heterocycles. The van der Waals surface area contributed by atoms with Gasteiger partial charge in [0.2, 0.25) is 0 Å². The van der Waals surface area contributed by atoms with Crippen LogP contribution in [0.3, 0.4) is 0 Å². The van der Waals surface area contributed by atoms with Crippen molar-refractivity contribution < 1.29 is 4.79 Å². The molecule has 15 heavy (non-hydrogen) atoms. The summed E-state index contributed by atoms with van der Waals surface area (Å²) in [5, 5.41) is 2.40. The molecule has 84 valence electrons. The minimum atomic E-state index is 0.265. The lowest BCUT2D eigenvalue weighted by Gasteiger charge is -2.02. The van der Waals surface area contributed by atoms with Crippen LogP contribution in [0.25, 0.3) is 0 Å². The summed E-state index contributed by atoms with van der Waals surface area (Å²) >= 11 is 1.39. The molecule has 3 nitrogen and oxygen atoms in total. The Morgan fingerprint density at radius 3 is 2.87 bits per heavy atom. The summed E-state index contributed by atoms with van der Waals surface area (Å²) in [5.74, 6) is 0.939. The molecule has 1 aromatic rings. The molecular weight excluding hydrogens is 208 g/mol. The lowest BCUT2D eigenvalue weighted by atomic mass is 10.0. The fraction of sp³-hybridized carbons (Fsp3) is 0.636. The summed E-state index contributed by atoms with van der Waals surface area (Å²) < 4.78 is 0. The van der Waals surface area contributed by atoms with Crippen LogP contribution in [-0.4, -0.2) is 10.8 Å². The van der Waals surface area contributed by atoms with E-state index in [0.29, 0.717) is 23.9 Å². The lowest BCUT2D eigenvalue weighted by Crippen LogP contribution is -2.03. The molecule has 0 aromatic carbocycles. The van der Waals surface area contributed by atoms with Crippen molar-refractivity contribution in [3.8, 4) is 0 Å². The van der Waals surface area contributed by atoms with E-state index in [0.717, 1.165) is 18.5 Å². The molecule has 2 N–H and O–H groups in total. The van der Waals surface area contributed by atoms with Crippen molar-refractivity contribution in [2.75, 3.05) is 5.73 Å². The summed E-state index contributed by atoms with van der Waals surface area (Å²) in [6, 6.07) is 0. The predicted molar refractivity (Wildman–Crippen MR) is 63.9 cm³/mol. The van der Waals surface area contributed by atoms with Crippen LogP contribution in [0.15, 0.2) is 5.38 Å². The molecule has 0 atom stereocenters. The fourth-order valence-electron chi connectivity index (χ4n) is 1.40. The Labute approximate surface area is 94.7 Å². The van der Waals surface area contributed by atoms with Crippen LogP contribution in [-0.2, 0) is 11.2 Å². The Morgan fingerprint density at radius 2 is 2.33 bits per heavy atom. The van der Waals surface area contributed by atoms with Crippen molar-refractivity contribution in [3.05, 3.63) is 11.1 Å². The van der Waals surface area contributed by atoms with Gasteiger partial charge in [-0.3, -0.25) is 4.79 Å². The number of carbonyl (C=O) groups excluding carboxylic acids is 1. The number of nitrogens with zero attached hydrogens (tertiary/aromatic N) is 1. The van der Waals surface area contributed by atoms with E-state index in [4.69, 9.17) is 5.73 Å². The van der Waals surface area contributed by atoms with Crippen molar-refractivity contribution >= 4 is 22.3 Å². The number of nitrogen functional groups attached to an aromatic ring is 1. The van der Waals surface area contributed by atoms with E-state index in [1.807, 2.05) is 5.38 Å². The SMILES string of the molecule is CC(C)CCCC(=O)Cc1csc(N)n1. The van der Waals surface area contributed by atoms with Crippen molar-refractivity contribution in [1.82, 2.24) is 4.98 Å². The predicted octanol–water partition coefficient (Wildman–Crippen LogP) is 2.66. The van der Waals surface area contributed by atoms with Crippen LogP contribution < -0.4 is 5.73 Å². The number of hydrogen-bond donors (Lipinski definition) is 1. The molecule has 0 aliphatic carbocycles. The van der Waals surface area contributed by atoms with Crippen LogP contribution in [0.4, 0.5) is 5.13 Å². The van der Waals surface area contributed by atoms with E-state index in [2.05, 4.69) is 18.8 Å². The van der Waals surface area contributed by atoms with Gasteiger partial charge in [0.15, 0.2) is 5.13 Å². The molecule has 1 aromatic heterocycles. The fourth-order valence-corrected chi connectivity index (χ4v) is 1.96. The highest BCUT2D eigenvalue weighted by atomic mass is 32.1. The normalized spacial score (nSPS) is 10.9. The molecule has 0 saturated heterocycles. The van der Waals surface area contributed by atoms with Crippen molar-refractivity contribution in [2.45, 2.75) is 39.5 Å². The summed E-state index contributed by atoms with van der Waals surface area (Å²) in [5.41, 5.74) is 6.30. The third-order valence-corrected chi connectivity index (χ3v) is 2.91. The second kappa shape index (κ2) is 5.85. The largest absolute Gasteiger partial charge is 0.375 e. The third-order valence-electron chi connectivity index (χ3n) is 2.18. The van der Waals surface area contributed by atoms with Gasteiger partial charge >= 0.3 is 0 Å². The Bertz CT molecular complexity index is 320. The molecule has 4 heteroatoms. The molecule has 0 aliphatic heterocycles. The number of hydrogen-bond acceptors (Lipinski definition) is 4. The second-order valence-corrected chi connectivity index (χ2v) is 5.07. The van der Waals surface area contributed by atoms with Gasteiger partial charge in [0, 0.05) is 18.2 Å². The maximum atomic E-state index is 11.5. The highest BCUT2D eigenvalue weighted by molar-refractivity contribution is 7.13. The van der Waals surface area contributed by atoms with Gasteiger partial charge in [-0.1, -0.05) is 20.3 Å². The molecule has 0 unspecified atom stereocenters. The molecule has 0 bridgehead atoms. The molecule has 0 aliphatic rings. The third kappa shape index (κ3) is 4.93. The summed E-state index contributed by atoms with van der Waals surface area (Å²) in [6.07, 6.45) is 3.20. The van der Waals surface area contributed by atoms with Gasteiger partial charge in [0.25, 0.3) is 0 Å². The number of thiazole rings is 1. The Balaban J connectivity index is 2.24. The van der Waals surface area contributed by atoms with Crippen molar-refractivity contribution in [1.29, 1.82) is 0 Å². The molecule has 0 radical (unpaired) electrons. The molecule has 0 saturated carbocycles. The second-order valence-electron chi connectivity index (χ2n) is 4.18. The monoisotopic (exact) mass is 226 g/mol. The van der Waals surface area contributed by atoms with E-state index in [9.17, 15) is 4.79 Å². The molecule has 0 amide bonds. The first-order chi connectivity index (χ1) is 7.08. The highest BCUT2D eigenvalue weighted by Gasteiger charge is 2.07. The topological polar surface area (TPSA) is 56.0 Å². The zero-order valence-corrected chi connectivity index (χ0v) is 10.1. The van der Waals surface area contributed by atoms with Crippen molar-refractivity contribution in [2.24, 2.45) is 5.92 Å². The van der Waals surface area contributed by atoms with E-state index in [-0.39, 0.29) is 5.78 Å². The average Bonchev–Trinajstić information content (AvgIpc) is 2.50. The smallest absolute Gasteiger partial charge is 0.180 e. The zero-order valence-electron chi connectivity index (χ0n) is 9.32. The minimum absolute atomic E-state index is 0.265.